The number of hydrogen-bond donors (Lipinski definition) is 2. The van der Waals surface area contributed by atoms with Gasteiger partial charge in [0.05, 0.1) is 0 Å². The Kier molecular flexibility index (Phi) is 4.04. The fourth-order valence-electron chi connectivity index (χ4n) is 2.46. The summed E-state index contributed by atoms with van der Waals surface area (Å²) in [5.41, 5.74) is 0.959. The normalized spacial score (nSPS) is 23.0. The number of carboxylic acids is 1. The zero-order valence-electron chi connectivity index (χ0n) is 10.9. The first kappa shape index (κ1) is 13.4. The molecule has 2 rings (SSSR count). The molecule has 0 aromatic heterocycles. The van der Waals surface area contributed by atoms with Crippen LogP contribution >= 0.6 is 0 Å². The third kappa shape index (κ3) is 3.05. The Hall–Kier alpha value is -2.04. The number of anilines is 1. The Morgan fingerprint density at radius 3 is 2.74 bits per heavy atom. The van der Waals surface area contributed by atoms with E-state index in [0.29, 0.717) is 13.0 Å². The molecule has 0 aliphatic carbocycles. The number of nitrogens with zero attached hydrogens (tertiary/aromatic N) is 1. The topological polar surface area (TPSA) is 69.6 Å². The van der Waals surface area contributed by atoms with Gasteiger partial charge in [-0.05, 0) is 25.5 Å². The summed E-state index contributed by atoms with van der Waals surface area (Å²) < 4.78 is 0. The van der Waals surface area contributed by atoms with Crippen LogP contribution in [0, 0.1) is 0 Å². The molecule has 0 radical (unpaired) electrons. The third-order valence-corrected chi connectivity index (χ3v) is 3.37. The summed E-state index contributed by atoms with van der Waals surface area (Å²) in [6, 6.07) is 9.39. The monoisotopic (exact) mass is 262 g/mol. The number of carbonyl (C=O) groups excluding carboxylic acids is 1. The van der Waals surface area contributed by atoms with Crippen molar-refractivity contribution in [1.29, 1.82) is 0 Å². The molecule has 5 nitrogen and oxygen atoms in total. The van der Waals surface area contributed by atoms with Gasteiger partial charge in [0.1, 0.15) is 6.04 Å². The van der Waals surface area contributed by atoms with Crippen molar-refractivity contribution in [2.75, 3.05) is 11.4 Å². The summed E-state index contributed by atoms with van der Waals surface area (Å²) in [5.74, 6) is -0.970. The van der Waals surface area contributed by atoms with Crippen molar-refractivity contribution in [2.24, 2.45) is 0 Å². The molecule has 1 saturated heterocycles. The lowest BCUT2D eigenvalue weighted by atomic mass is 10.0. The maximum atomic E-state index is 12.0. The molecule has 1 heterocycles. The first-order valence-electron chi connectivity index (χ1n) is 6.42. The standard InChI is InChI=1S/C14H18N2O3/c1-10-9-15-14(19)12(7-8-13(17)18)16(10)11-5-3-2-4-6-11/h2-6,10,12H,7-9H2,1H3,(H,15,19)(H,17,18). The molecule has 2 N–H and O–H groups in total. The molecular weight excluding hydrogens is 244 g/mol. The molecule has 1 aromatic carbocycles. The van der Waals surface area contributed by atoms with Crippen LogP contribution in [0.25, 0.3) is 0 Å². The van der Waals surface area contributed by atoms with Gasteiger partial charge in [-0.3, -0.25) is 9.59 Å². The van der Waals surface area contributed by atoms with E-state index in [1.165, 1.54) is 0 Å². The molecule has 19 heavy (non-hydrogen) atoms. The molecular formula is C14H18N2O3. The Balaban J connectivity index is 2.23. The Morgan fingerprint density at radius 1 is 1.42 bits per heavy atom. The van der Waals surface area contributed by atoms with E-state index in [2.05, 4.69) is 5.32 Å². The molecule has 2 unspecified atom stereocenters. The summed E-state index contributed by atoms with van der Waals surface area (Å²) in [6.07, 6.45) is 0.314. The van der Waals surface area contributed by atoms with Crippen molar-refractivity contribution in [1.82, 2.24) is 5.32 Å². The minimum atomic E-state index is -0.876. The van der Waals surface area contributed by atoms with Crippen molar-refractivity contribution < 1.29 is 14.7 Å². The van der Waals surface area contributed by atoms with E-state index in [1.807, 2.05) is 42.2 Å². The van der Waals surface area contributed by atoms with E-state index in [-0.39, 0.29) is 18.4 Å². The highest BCUT2D eigenvalue weighted by atomic mass is 16.4. The Morgan fingerprint density at radius 2 is 2.11 bits per heavy atom. The average molecular weight is 262 g/mol. The van der Waals surface area contributed by atoms with Gasteiger partial charge < -0.3 is 15.3 Å². The molecule has 102 valence electrons. The van der Waals surface area contributed by atoms with E-state index < -0.39 is 12.0 Å². The van der Waals surface area contributed by atoms with E-state index in [9.17, 15) is 9.59 Å². The third-order valence-electron chi connectivity index (χ3n) is 3.37. The Bertz CT molecular complexity index is 461. The van der Waals surface area contributed by atoms with E-state index in [4.69, 9.17) is 5.11 Å². The first-order valence-corrected chi connectivity index (χ1v) is 6.42. The fourth-order valence-corrected chi connectivity index (χ4v) is 2.46. The van der Waals surface area contributed by atoms with Gasteiger partial charge in [-0.2, -0.15) is 0 Å². The maximum Gasteiger partial charge on any atom is 0.303 e. The van der Waals surface area contributed by atoms with Crippen LogP contribution in [0.3, 0.4) is 0 Å². The van der Waals surface area contributed by atoms with Crippen LogP contribution in [-0.2, 0) is 9.59 Å². The number of piperazine rings is 1. The second-order valence-corrected chi connectivity index (χ2v) is 4.79. The lowest BCUT2D eigenvalue weighted by molar-refractivity contribution is -0.137. The predicted molar refractivity (Wildman–Crippen MR) is 72.1 cm³/mol. The molecule has 1 aliphatic rings. The zero-order chi connectivity index (χ0) is 13.8. The number of aliphatic carboxylic acids is 1. The Labute approximate surface area is 112 Å². The minimum Gasteiger partial charge on any atom is -0.481 e. The van der Waals surface area contributed by atoms with Crippen LogP contribution in [0.2, 0.25) is 0 Å². The summed E-state index contributed by atoms with van der Waals surface area (Å²) >= 11 is 0. The highest BCUT2D eigenvalue weighted by Crippen LogP contribution is 2.24. The lowest BCUT2D eigenvalue weighted by Crippen LogP contribution is -2.60. The molecule has 0 saturated carbocycles. The van der Waals surface area contributed by atoms with Gasteiger partial charge in [0, 0.05) is 24.7 Å². The van der Waals surface area contributed by atoms with Gasteiger partial charge in [0.2, 0.25) is 5.91 Å². The smallest absolute Gasteiger partial charge is 0.303 e. The van der Waals surface area contributed by atoms with Gasteiger partial charge >= 0.3 is 5.97 Å². The molecule has 0 bridgehead atoms. The van der Waals surface area contributed by atoms with Crippen LogP contribution in [0.5, 0.6) is 0 Å². The van der Waals surface area contributed by atoms with E-state index >= 15 is 0 Å². The van der Waals surface area contributed by atoms with E-state index in [0.717, 1.165) is 5.69 Å². The number of nitrogens with one attached hydrogen (secondary N) is 1. The fraction of sp³-hybridized carbons (Fsp3) is 0.429. The minimum absolute atomic E-state index is 0.00581. The van der Waals surface area contributed by atoms with Crippen molar-refractivity contribution in [3.05, 3.63) is 30.3 Å². The zero-order valence-corrected chi connectivity index (χ0v) is 10.9. The lowest BCUT2D eigenvalue weighted by Gasteiger charge is -2.41. The quantitative estimate of drug-likeness (QED) is 0.856. The molecule has 1 aromatic rings. The van der Waals surface area contributed by atoms with Gasteiger partial charge in [0.25, 0.3) is 0 Å². The van der Waals surface area contributed by atoms with Gasteiger partial charge in [-0.1, -0.05) is 18.2 Å². The highest BCUT2D eigenvalue weighted by molar-refractivity contribution is 5.87. The van der Waals surface area contributed by atoms with Crippen LogP contribution in [0.1, 0.15) is 19.8 Å². The number of carboxylic acid groups (broad SMARTS) is 1. The van der Waals surface area contributed by atoms with Crippen LogP contribution in [0.15, 0.2) is 30.3 Å². The first-order chi connectivity index (χ1) is 9.09. The highest BCUT2D eigenvalue weighted by Gasteiger charge is 2.34. The van der Waals surface area contributed by atoms with Crippen molar-refractivity contribution in [3.8, 4) is 0 Å². The second kappa shape index (κ2) is 5.73. The number of benzene rings is 1. The average Bonchev–Trinajstić information content (AvgIpc) is 2.40. The van der Waals surface area contributed by atoms with Gasteiger partial charge in [-0.25, -0.2) is 0 Å². The molecule has 1 aliphatic heterocycles. The second-order valence-electron chi connectivity index (χ2n) is 4.79. The van der Waals surface area contributed by atoms with Gasteiger partial charge in [0.15, 0.2) is 0 Å². The SMILES string of the molecule is CC1CNC(=O)C(CCC(=O)O)N1c1ccccc1. The number of para-hydroxylation sites is 1. The predicted octanol–water partition coefficient (Wildman–Crippen LogP) is 1.24. The maximum absolute atomic E-state index is 12.0. The summed E-state index contributed by atoms with van der Waals surface area (Å²) in [5, 5.41) is 11.6. The van der Waals surface area contributed by atoms with E-state index in [1.54, 1.807) is 0 Å². The summed E-state index contributed by atoms with van der Waals surface area (Å²) in [6.45, 7) is 2.61. The molecule has 0 spiro atoms. The van der Waals surface area contributed by atoms with Crippen LogP contribution < -0.4 is 10.2 Å². The number of carbonyl (C=O) groups is 2. The largest absolute Gasteiger partial charge is 0.481 e. The number of amides is 1. The van der Waals surface area contributed by atoms with Crippen LogP contribution in [-0.4, -0.2) is 35.6 Å². The molecule has 2 atom stereocenters. The summed E-state index contributed by atoms with van der Waals surface area (Å²) in [7, 11) is 0. The molecule has 5 heteroatoms. The van der Waals surface area contributed by atoms with Crippen molar-refractivity contribution in [2.45, 2.75) is 31.8 Å². The number of hydrogen-bond acceptors (Lipinski definition) is 3. The molecule has 1 amide bonds. The number of rotatable bonds is 4. The summed E-state index contributed by atoms with van der Waals surface area (Å²) in [4.78, 5) is 24.7. The molecule has 1 fully saturated rings. The van der Waals surface area contributed by atoms with Gasteiger partial charge in [-0.15, -0.1) is 0 Å². The van der Waals surface area contributed by atoms with Crippen LogP contribution in [0.4, 0.5) is 5.69 Å². The van der Waals surface area contributed by atoms with Crippen molar-refractivity contribution in [3.63, 3.8) is 0 Å². The van der Waals surface area contributed by atoms with Crippen molar-refractivity contribution >= 4 is 17.6 Å².